The summed E-state index contributed by atoms with van der Waals surface area (Å²) in [5, 5.41) is 13.5. The summed E-state index contributed by atoms with van der Waals surface area (Å²) in [7, 11) is 0. The Hall–Kier alpha value is -1.34. The van der Waals surface area contributed by atoms with Crippen LogP contribution in [-0.4, -0.2) is 27.8 Å². The van der Waals surface area contributed by atoms with Crippen molar-refractivity contribution in [2.75, 3.05) is 13.1 Å². The second-order valence-corrected chi connectivity index (χ2v) is 4.10. The maximum atomic E-state index is 9.23. The topological polar surface area (TPSA) is 44.9 Å². The molecule has 1 aromatic heterocycles. The van der Waals surface area contributed by atoms with Crippen molar-refractivity contribution >= 4 is 0 Å². The molecule has 0 saturated carbocycles. The van der Waals surface area contributed by atoms with Gasteiger partial charge in [0.05, 0.1) is 12.3 Å². The molecule has 0 amide bonds. The van der Waals surface area contributed by atoms with Crippen LogP contribution in [0, 0.1) is 11.3 Å². The lowest BCUT2D eigenvalue weighted by molar-refractivity contribution is 0.262. The van der Waals surface area contributed by atoms with Crippen molar-refractivity contribution in [2.24, 2.45) is 0 Å². The molecule has 1 heterocycles. The van der Waals surface area contributed by atoms with Crippen LogP contribution in [0.2, 0.25) is 0 Å². The zero-order valence-corrected chi connectivity index (χ0v) is 10.5. The Balaban J connectivity index is 2.91. The molecule has 0 bridgehead atoms. The van der Waals surface area contributed by atoms with Crippen LogP contribution in [0.25, 0.3) is 0 Å². The number of rotatable bonds is 5. The molecule has 1 aromatic rings. The number of nitriles is 1. The summed E-state index contributed by atoms with van der Waals surface area (Å²) in [6, 6.07) is 2.50. The van der Waals surface area contributed by atoms with Crippen LogP contribution in [0.3, 0.4) is 0 Å². The molecule has 0 aromatic carbocycles. The van der Waals surface area contributed by atoms with Gasteiger partial charge in [0.2, 0.25) is 0 Å². The molecule has 1 rings (SSSR count). The van der Waals surface area contributed by atoms with Crippen molar-refractivity contribution in [1.82, 2.24) is 14.7 Å². The molecular weight excluding hydrogens is 200 g/mol. The van der Waals surface area contributed by atoms with E-state index < -0.39 is 0 Å². The minimum Gasteiger partial charge on any atom is -0.285 e. The van der Waals surface area contributed by atoms with Crippen molar-refractivity contribution in [3.63, 3.8) is 0 Å². The van der Waals surface area contributed by atoms with Crippen LogP contribution >= 0.6 is 0 Å². The Labute approximate surface area is 97.5 Å². The molecule has 0 aliphatic heterocycles. The molecule has 1 atom stereocenters. The predicted molar refractivity (Wildman–Crippen MR) is 63.9 cm³/mol. The van der Waals surface area contributed by atoms with Crippen LogP contribution in [0.4, 0.5) is 0 Å². The molecule has 0 N–H and O–H groups in total. The van der Waals surface area contributed by atoms with Crippen LogP contribution in [0.5, 0.6) is 0 Å². The molecular formula is C12H20N4. The van der Waals surface area contributed by atoms with E-state index in [1.165, 1.54) is 0 Å². The van der Waals surface area contributed by atoms with E-state index in [2.05, 4.69) is 43.8 Å². The number of nitrogens with zero attached hydrogens (tertiary/aromatic N) is 4. The van der Waals surface area contributed by atoms with Gasteiger partial charge in [-0.2, -0.15) is 10.4 Å². The summed E-state index contributed by atoms with van der Waals surface area (Å²) in [5.74, 6) is 0. The summed E-state index contributed by atoms with van der Waals surface area (Å²) in [6.07, 6.45) is 3.77. The molecule has 16 heavy (non-hydrogen) atoms. The van der Waals surface area contributed by atoms with E-state index in [-0.39, 0.29) is 6.04 Å². The van der Waals surface area contributed by atoms with Crippen molar-refractivity contribution in [3.05, 3.63) is 18.0 Å². The van der Waals surface area contributed by atoms with E-state index >= 15 is 0 Å². The third-order valence-corrected chi connectivity index (χ3v) is 2.77. The van der Waals surface area contributed by atoms with Gasteiger partial charge < -0.3 is 0 Å². The highest BCUT2D eigenvalue weighted by Crippen LogP contribution is 2.19. The van der Waals surface area contributed by atoms with E-state index in [0.29, 0.717) is 6.04 Å². The fraction of sp³-hybridized carbons (Fsp3) is 0.667. The Morgan fingerprint density at radius 2 is 2.06 bits per heavy atom. The maximum Gasteiger partial charge on any atom is 0.126 e. The summed E-state index contributed by atoms with van der Waals surface area (Å²) >= 11 is 0. The number of hydrogen-bond acceptors (Lipinski definition) is 3. The van der Waals surface area contributed by atoms with Gasteiger partial charge in [0.25, 0.3) is 0 Å². The van der Waals surface area contributed by atoms with E-state index in [9.17, 15) is 5.26 Å². The average Bonchev–Trinajstić information content (AvgIpc) is 2.74. The fourth-order valence-corrected chi connectivity index (χ4v) is 1.73. The van der Waals surface area contributed by atoms with Crippen molar-refractivity contribution in [1.29, 1.82) is 5.26 Å². The van der Waals surface area contributed by atoms with Gasteiger partial charge in [0, 0.05) is 17.8 Å². The summed E-state index contributed by atoms with van der Waals surface area (Å²) in [5.41, 5.74) is 0.986. The lowest BCUT2D eigenvalue weighted by Crippen LogP contribution is -2.27. The SMILES string of the molecule is CCN(CC)C(C#N)c1cnn(C(C)C)c1. The first-order valence-corrected chi connectivity index (χ1v) is 5.81. The van der Waals surface area contributed by atoms with Gasteiger partial charge in [-0.15, -0.1) is 0 Å². The van der Waals surface area contributed by atoms with Crippen LogP contribution in [0.1, 0.15) is 45.3 Å². The summed E-state index contributed by atoms with van der Waals surface area (Å²) < 4.78 is 1.89. The summed E-state index contributed by atoms with van der Waals surface area (Å²) in [4.78, 5) is 2.13. The zero-order chi connectivity index (χ0) is 12.1. The molecule has 88 valence electrons. The summed E-state index contributed by atoms with van der Waals surface area (Å²) in [6.45, 7) is 10.1. The van der Waals surface area contributed by atoms with Gasteiger partial charge in [-0.05, 0) is 26.9 Å². The highest BCUT2D eigenvalue weighted by Gasteiger charge is 2.19. The number of hydrogen-bond donors (Lipinski definition) is 0. The van der Waals surface area contributed by atoms with Crippen LogP contribution in [0.15, 0.2) is 12.4 Å². The van der Waals surface area contributed by atoms with Crippen LogP contribution < -0.4 is 0 Å². The molecule has 1 unspecified atom stereocenters. The lowest BCUT2D eigenvalue weighted by atomic mass is 10.1. The molecule has 0 fully saturated rings. The van der Waals surface area contributed by atoms with E-state index in [1.54, 1.807) is 6.20 Å². The van der Waals surface area contributed by atoms with Crippen molar-refractivity contribution < 1.29 is 0 Å². The van der Waals surface area contributed by atoms with Crippen molar-refractivity contribution in [3.8, 4) is 6.07 Å². The average molecular weight is 220 g/mol. The van der Waals surface area contributed by atoms with E-state index in [4.69, 9.17) is 0 Å². The van der Waals surface area contributed by atoms with Gasteiger partial charge >= 0.3 is 0 Å². The third-order valence-electron chi connectivity index (χ3n) is 2.77. The van der Waals surface area contributed by atoms with Gasteiger partial charge in [0.1, 0.15) is 6.04 Å². The Morgan fingerprint density at radius 1 is 1.44 bits per heavy atom. The zero-order valence-electron chi connectivity index (χ0n) is 10.5. The van der Waals surface area contributed by atoms with Gasteiger partial charge in [0.15, 0.2) is 0 Å². The lowest BCUT2D eigenvalue weighted by Gasteiger charge is -2.22. The highest BCUT2D eigenvalue weighted by atomic mass is 15.3. The Kier molecular flexibility index (Phi) is 4.51. The molecule has 0 aliphatic rings. The second kappa shape index (κ2) is 5.66. The Morgan fingerprint density at radius 3 is 2.44 bits per heavy atom. The minimum atomic E-state index is -0.178. The molecule has 0 spiro atoms. The quantitative estimate of drug-likeness (QED) is 0.765. The first kappa shape index (κ1) is 12.7. The molecule has 4 nitrogen and oxygen atoms in total. The van der Waals surface area contributed by atoms with Crippen molar-refractivity contribution in [2.45, 2.75) is 39.8 Å². The first-order chi connectivity index (χ1) is 7.63. The number of aromatic nitrogens is 2. The maximum absolute atomic E-state index is 9.23. The largest absolute Gasteiger partial charge is 0.285 e. The Bertz CT molecular complexity index is 357. The first-order valence-electron chi connectivity index (χ1n) is 5.81. The molecule has 4 heteroatoms. The fourth-order valence-electron chi connectivity index (χ4n) is 1.73. The highest BCUT2D eigenvalue weighted by molar-refractivity contribution is 5.18. The monoisotopic (exact) mass is 220 g/mol. The molecule has 0 saturated heterocycles. The molecule has 0 aliphatic carbocycles. The predicted octanol–water partition coefficient (Wildman–Crippen LogP) is 2.37. The van der Waals surface area contributed by atoms with E-state index in [1.807, 2.05) is 10.9 Å². The normalized spacial score (nSPS) is 13.1. The second-order valence-electron chi connectivity index (χ2n) is 4.10. The van der Waals surface area contributed by atoms with Crippen LogP contribution in [-0.2, 0) is 0 Å². The van der Waals surface area contributed by atoms with Gasteiger partial charge in [-0.3, -0.25) is 9.58 Å². The molecule has 0 radical (unpaired) electrons. The smallest absolute Gasteiger partial charge is 0.126 e. The standard InChI is InChI=1S/C12H20N4/c1-5-15(6-2)12(7-13)11-8-14-16(9-11)10(3)4/h8-10,12H,5-6H2,1-4H3. The van der Waals surface area contributed by atoms with E-state index in [0.717, 1.165) is 18.7 Å². The minimum absolute atomic E-state index is 0.178. The third kappa shape index (κ3) is 2.61. The van der Waals surface area contributed by atoms with Gasteiger partial charge in [-0.1, -0.05) is 13.8 Å². The van der Waals surface area contributed by atoms with Gasteiger partial charge in [-0.25, -0.2) is 0 Å².